The molecule has 0 spiro atoms. The number of amides is 1. The molecule has 0 aromatic carbocycles. The SMILES string of the molecule is CCCN(C(=O)c1cc(-c2c(C)nn(C)c2C)n[nH]1)C1CCNCC1. The van der Waals surface area contributed by atoms with Crippen molar-refractivity contribution in [3.05, 3.63) is 23.1 Å². The topological polar surface area (TPSA) is 78.8 Å². The molecule has 2 aromatic heterocycles. The van der Waals surface area contributed by atoms with Crippen molar-refractivity contribution in [1.82, 2.24) is 30.2 Å². The molecule has 0 radical (unpaired) electrons. The number of aromatic amines is 1. The minimum atomic E-state index is 0.0479. The lowest BCUT2D eigenvalue weighted by Gasteiger charge is -2.34. The molecular weight excluding hydrogens is 316 g/mol. The molecule has 0 aliphatic carbocycles. The highest BCUT2D eigenvalue weighted by Crippen LogP contribution is 2.26. The van der Waals surface area contributed by atoms with Crippen LogP contribution in [-0.4, -0.2) is 56.5 Å². The average Bonchev–Trinajstić information content (AvgIpc) is 3.18. The number of H-pyrrole nitrogens is 1. The van der Waals surface area contributed by atoms with Crippen LogP contribution in [-0.2, 0) is 7.05 Å². The van der Waals surface area contributed by atoms with Crippen LogP contribution in [0, 0.1) is 13.8 Å². The van der Waals surface area contributed by atoms with Gasteiger partial charge in [-0.1, -0.05) is 6.92 Å². The van der Waals surface area contributed by atoms with E-state index in [-0.39, 0.29) is 5.91 Å². The lowest BCUT2D eigenvalue weighted by molar-refractivity contribution is 0.0636. The Morgan fingerprint density at radius 1 is 1.36 bits per heavy atom. The van der Waals surface area contributed by atoms with Crippen LogP contribution >= 0.6 is 0 Å². The van der Waals surface area contributed by atoms with E-state index < -0.39 is 0 Å². The van der Waals surface area contributed by atoms with Crippen LogP contribution in [0.2, 0.25) is 0 Å². The van der Waals surface area contributed by atoms with Gasteiger partial charge in [-0.2, -0.15) is 10.2 Å². The smallest absolute Gasteiger partial charge is 0.272 e. The second-order valence-corrected chi connectivity index (χ2v) is 6.82. The monoisotopic (exact) mass is 344 g/mol. The number of aryl methyl sites for hydroxylation is 2. The second-order valence-electron chi connectivity index (χ2n) is 6.82. The lowest BCUT2D eigenvalue weighted by Crippen LogP contribution is -2.46. The number of piperidine rings is 1. The number of carbonyl (C=O) groups excluding carboxylic acids is 1. The van der Waals surface area contributed by atoms with Gasteiger partial charge in [0.2, 0.25) is 0 Å². The normalized spacial score (nSPS) is 15.5. The Morgan fingerprint density at radius 2 is 2.08 bits per heavy atom. The second kappa shape index (κ2) is 7.39. The summed E-state index contributed by atoms with van der Waals surface area (Å²) in [4.78, 5) is 15.1. The van der Waals surface area contributed by atoms with E-state index in [1.807, 2.05) is 36.5 Å². The van der Waals surface area contributed by atoms with Crippen LogP contribution in [0.15, 0.2) is 6.07 Å². The number of nitrogens with zero attached hydrogens (tertiary/aromatic N) is 4. The zero-order valence-electron chi connectivity index (χ0n) is 15.6. The highest BCUT2D eigenvalue weighted by molar-refractivity contribution is 5.93. The molecule has 0 unspecified atom stereocenters. The van der Waals surface area contributed by atoms with Gasteiger partial charge in [-0.15, -0.1) is 0 Å². The summed E-state index contributed by atoms with van der Waals surface area (Å²) in [7, 11) is 1.92. The molecule has 25 heavy (non-hydrogen) atoms. The van der Waals surface area contributed by atoms with Crippen LogP contribution in [0.4, 0.5) is 0 Å². The molecular formula is C18H28N6O. The summed E-state index contributed by atoms with van der Waals surface area (Å²) in [5, 5.41) is 15.1. The molecule has 1 amide bonds. The molecule has 1 saturated heterocycles. The number of aromatic nitrogens is 4. The van der Waals surface area contributed by atoms with E-state index in [0.717, 1.165) is 61.5 Å². The predicted octanol–water partition coefficient (Wildman–Crippen LogP) is 2.03. The van der Waals surface area contributed by atoms with Crippen LogP contribution < -0.4 is 5.32 Å². The number of carbonyl (C=O) groups is 1. The summed E-state index contributed by atoms with van der Waals surface area (Å²) < 4.78 is 1.85. The average molecular weight is 344 g/mol. The van der Waals surface area contributed by atoms with E-state index >= 15 is 0 Å². The number of rotatable bonds is 5. The van der Waals surface area contributed by atoms with Crippen molar-refractivity contribution in [1.29, 1.82) is 0 Å². The Bertz CT molecular complexity index is 741. The Balaban J connectivity index is 1.85. The third kappa shape index (κ3) is 3.46. The van der Waals surface area contributed by atoms with Crippen molar-refractivity contribution < 1.29 is 4.79 Å². The highest BCUT2D eigenvalue weighted by atomic mass is 16.2. The zero-order valence-corrected chi connectivity index (χ0v) is 15.6. The van der Waals surface area contributed by atoms with Gasteiger partial charge >= 0.3 is 0 Å². The third-order valence-corrected chi connectivity index (χ3v) is 5.05. The fourth-order valence-electron chi connectivity index (χ4n) is 3.67. The van der Waals surface area contributed by atoms with Gasteiger partial charge in [-0.25, -0.2) is 0 Å². The van der Waals surface area contributed by atoms with Crippen molar-refractivity contribution in [2.24, 2.45) is 7.05 Å². The Morgan fingerprint density at radius 3 is 2.68 bits per heavy atom. The molecule has 3 rings (SSSR count). The first-order chi connectivity index (χ1) is 12.0. The maximum atomic E-state index is 13.1. The molecule has 0 bridgehead atoms. The minimum Gasteiger partial charge on any atom is -0.334 e. The van der Waals surface area contributed by atoms with E-state index in [1.54, 1.807) is 0 Å². The minimum absolute atomic E-state index is 0.0479. The van der Waals surface area contributed by atoms with Gasteiger partial charge in [-0.05, 0) is 52.3 Å². The van der Waals surface area contributed by atoms with E-state index in [4.69, 9.17) is 0 Å². The highest BCUT2D eigenvalue weighted by Gasteiger charge is 2.27. The quantitative estimate of drug-likeness (QED) is 0.870. The molecule has 2 aromatic rings. The van der Waals surface area contributed by atoms with E-state index in [2.05, 4.69) is 27.5 Å². The number of nitrogens with one attached hydrogen (secondary N) is 2. The first-order valence-corrected chi connectivity index (χ1v) is 9.10. The summed E-state index contributed by atoms with van der Waals surface area (Å²) in [6.07, 6.45) is 2.97. The van der Waals surface area contributed by atoms with Gasteiger partial charge in [0.1, 0.15) is 5.69 Å². The molecule has 7 heteroatoms. The predicted molar refractivity (Wildman–Crippen MR) is 97.5 cm³/mol. The van der Waals surface area contributed by atoms with Crippen LogP contribution in [0.1, 0.15) is 48.1 Å². The van der Waals surface area contributed by atoms with Gasteiger partial charge in [0.15, 0.2) is 0 Å². The van der Waals surface area contributed by atoms with Crippen LogP contribution in [0.5, 0.6) is 0 Å². The van der Waals surface area contributed by atoms with Crippen molar-refractivity contribution in [2.45, 2.75) is 46.1 Å². The molecule has 3 heterocycles. The van der Waals surface area contributed by atoms with E-state index in [9.17, 15) is 4.79 Å². The van der Waals surface area contributed by atoms with Gasteiger partial charge < -0.3 is 10.2 Å². The molecule has 0 atom stereocenters. The van der Waals surface area contributed by atoms with Crippen molar-refractivity contribution in [3.8, 4) is 11.3 Å². The van der Waals surface area contributed by atoms with Gasteiger partial charge in [0.05, 0.1) is 11.4 Å². The van der Waals surface area contributed by atoms with Crippen molar-refractivity contribution >= 4 is 5.91 Å². The summed E-state index contributed by atoms with van der Waals surface area (Å²) in [6, 6.07) is 2.17. The maximum absolute atomic E-state index is 13.1. The fourth-order valence-corrected chi connectivity index (χ4v) is 3.67. The molecule has 1 aliphatic heterocycles. The summed E-state index contributed by atoms with van der Waals surface area (Å²) >= 11 is 0. The Labute approximate surface area is 148 Å². The lowest BCUT2D eigenvalue weighted by atomic mass is 10.0. The Hall–Kier alpha value is -2.15. The van der Waals surface area contributed by atoms with Gasteiger partial charge in [0.25, 0.3) is 5.91 Å². The molecule has 2 N–H and O–H groups in total. The summed E-state index contributed by atoms with van der Waals surface area (Å²) in [5.74, 6) is 0.0479. The molecule has 1 fully saturated rings. The largest absolute Gasteiger partial charge is 0.334 e. The third-order valence-electron chi connectivity index (χ3n) is 5.05. The first kappa shape index (κ1) is 17.7. The van der Waals surface area contributed by atoms with Crippen molar-refractivity contribution in [3.63, 3.8) is 0 Å². The van der Waals surface area contributed by atoms with Crippen LogP contribution in [0.3, 0.4) is 0 Å². The summed E-state index contributed by atoms with van der Waals surface area (Å²) in [5.41, 5.74) is 4.32. The number of hydrogen-bond acceptors (Lipinski definition) is 4. The summed E-state index contributed by atoms with van der Waals surface area (Å²) in [6.45, 7) is 8.83. The van der Waals surface area contributed by atoms with Gasteiger partial charge in [-0.3, -0.25) is 14.6 Å². The maximum Gasteiger partial charge on any atom is 0.272 e. The molecule has 7 nitrogen and oxygen atoms in total. The fraction of sp³-hybridized carbons (Fsp3) is 0.611. The van der Waals surface area contributed by atoms with E-state index in [1.165, 1.54) is 0 Å². The van der Waals surface area contributed by atoms with Crippen LogP contribution in [0.25, 0.3) is 11.3 Å². The van der Waals surface area contributed by atoms with Gasteiger partial charge in [0, 0.05) is 30.9 Å². The zero-order chi connectivity index (χ0) is 18.0. The standard InChI is InChI=1S/C18H28N6O/c1-5-10-24(14-6-8-19-9-7-14)18(25)16-11-15(20-21-16)17-12(2)22-23(4)13(17)3/h11,14,19H,5-10H2,1-4H3,(H,20,21). The molecule has 0 saturated carbocycles. The van der Waals surface area contributed by atoms with E-state index in [0.29, 0.717) is 11.7 Å². The molecule has 1 aliphatic rings. The molecule has 136 valence electrons. The number of hydrogen-bond donors (Lipinski definition) is 2. The van der Waals surface area contributed by atoms with Crippen molar-refractivity contribution in [2.75, 3.05) is 19.6 Å². The first-order valence-electron chi connectivity index (χ1n) is 9.10. The Kier molecular flexibility index (Phi) is 5.22.